The number of nitriles is 1. The zero-order chi connectivity index (χ0) is 20.7. The number of hydrogen-bond acceptors (Lipinski definition) is 6. The van der Waals surface area contributed by atoms with Crippen molar-refractivity contribution in [3.8, 4) is 6.07 Å². The van der Waals surface area contributed by atoms with Gasteiger partial charge in [0.25, 0.3) is 5.91 Å². The number of nitrogens with one attached hydrogen (secondary N) is 1. The van der Waals surface area contributed by atoms with Crippen LogP contribution >= 0.6 is 11.8 Å². The number of carbonyl (C=O) groups excluding carboxylic acids is 2. The number of esters is 1. The quantitative estimate of drug-likeness (QED) is 0.722. The molecule has 1 saturated carbocycles. The normalized spacial score (nSPS) is 16.3. The summed E-state index contributed by atoms with van der Waals surface area (Å²) in [6, 6.07) is 15.1. The first kappa shape index (κ1) is 20.9. The Balaban J connectivity index is 1.67. The number of ether oxygens (including phenoxy) is 1. The van der Waals surface area contributed by atoms with Crippen molar-refractivity contribution in [2.24, 2.45) is 0 Å². The number of amides is 1. The molecule has 1 fully saturated rings. The Morgan fingerprint density at radius 1 is 1.17 bits per heavy atom. The first-order chi connectivity index (χ1) is 14.0. The number of carbonyl (C=O) groups is 2. The summed E-state index contributed by atoms with van der Waals surface area (Å²) in [5.74, 6) is -1.07. The molecule has 1 aromatic heterocycles. The van der Waals surface area contributed by atoms with Crippen LogP contribution in [0.2, 0.25) is 0 Å². The molecule has 2 aromatic rings. The lowest BCUT2D eigenvalue weighted by atomic mass is 9.83. The maximum Gasteiger partial charge on any atom is 0.341 e. The van der Waals surface area contributed by atoms with E-state index in [1.54, 1.807) is 18.3 Å². The first-order valence-electron chi connectivity index (χ1n) is 9.65. The maximum absolute atomic E-state index is 12.7. The van der Waals surface area contributed by atoms with Gasteiger partial charge in [-0.15, -0.1) is 0 Å². The molecule has 3 rings (SSSR count). The number of aromatic nitrogens is 1. The van der Waals surface area contributed by atoms with E-state index in [0.717, 1.165) is 24.2 Å². The van der Waals surface area contributed by atoms with Gasteiger partial charge in [-0.25, -0.2) is 9.78 Å². The van der Waals surface area contributed by atoms with Crippen LogP contribution in [0.1, 0.15) is 49.4 Å². The van der Waals surface area contributed by atoms with Gasteiger partial charge in [-0.3, -0.25) is 4.79 Å². The molecule has 0 unspecified atom stereocenters. The van der Waals surface area contributed by atoms with Crippen molar-refractivity contribution in [3.63, 3.8) is 0 Å². The Hall–Kier alpha value is -2.85. The van der Waals surface area contributed by atoms with E-state index in [2.05, 4.69) is 16.4 Å². The zero-order valence-electron chi connectivity index (χ0n) is 16.3. The Morgan fingerprint density at radius 2 is 1.90 bits per heavy atom. The van der Waals surface area contributed by atoms with Crippen LogP contribution in [0.15, 0.2) is 58.6 Å². The molecule has 0 bridgehead atoms. The summed E-state index contributed by atoms with van der Waals surface area (Å²) in [5, 5.41) is 12.8. The molecule has 7 heteroatoms. The van der Waals surface area contributed by atoms with Crippen LogP contribution in [0, 0.1) is 11.3 Å². The second-order valence-corrected chi connectivity index (χ2v) is 8.12. The van der Waals surface area contributed by atoms with Crippen LogP contribution in [-0.2, 0) is 9.53 Å². The van der Waals surface area contributed by atoms with Crippen LogP contribution in [0.3, 0.4) is 0 Å². The predicted molar refractivity (Wildman–Crippen MR) is 109 cm³/mol. The lowest BCUT2D eigenvalue weighted by Gasteiger charge is -2.32. The topological polar surface area (TPSA) is 92.1 Å². The minimum absolute atomic E-state index is 0.300. The second kappa shape index (κ2) is 9.57. The minimum atomic E-state index is -1.01. The SMILES string of the molecule is C[C@@H](OC(=O)c1cccnc1Sc1ccccc1)C(=O)NC1(C#N)CCCCC1. The summed E-state index contributed by atoms with van der Waals surface area (Å²) in [6.45, 7) is 1.52. The molecule has 0 spiro atoms. The fourth-order valence-corrected chi connectivity index (χ4v) is 4.15. The van der Waals surface area contributed by atoms with Gasteiger partial charge in [0, 0.05) is 11.1 Å². The molecular weight excluding hydrogens is 386 g/mol. The number of benzene rings is 1. The predicted octanol–water partition coefficient (Wildman–Crippen LogP) is 4.12. The Bertz CT molecular complexity index is 905. The van der Waals surface area contributed by atoms with Gasteiger partial charge >= 0.3 is 5.97 Å². The van der Waals surface area contributed by atoms with Crippen molar-refractivity contribution < 1.29 is 14.3 Å². The van der Waals surface area contributed by atoms with Crippen molar-refractivity contribution in [3.05, 3.63) is 54.2 Å². The van der Waals surface area contributed by atoms with Gasteiger partial charge in [0.1, 0.15) is 10.6 Å². The Morgan fingerprint density at radius 3 is 2.59 bits per heavy atom. The van der Waals surface area contributed by atoms with Crippen LogP contribution < -0.4 is 5.32 Å². The maximum atomic E-state index is 12.7. The standard InChI is InChI=1S/C22H23N3O3S/c1-16(19(26)25-22(15-23)12-6-3-7-13-22)28-21(27)18-11-8-14-24-20(18)29-17-9-4-2-5-10-17/h2,4-5,8-11,14,16H,3,6-7,12-13H2,1H3,(H,25,26)/t16-/m1/s1. The van der Waals surface area contributed by atoms with Crippen LogP contribution in [0.5, 0.6) is 0 Å². The van der Waals surface area contributed by atoms with Gasteiger partial charge < -0.3 is 10.1 Å². The smallest absolute Gasteiger partial charge is 0.341 e. The largest absolute Gasteiger partial charge is 0.449 e. The molecule has 1 heterocycles. The van der Waals surface area contributed by atoms with Crippen LogP contribution in [-0.4, -0.2) is 28.5 Å². The van der Waals surface area contributed by atoms with Gasteiger partial charge in [0.15, 0.2) is 6.10 Å². The van der Waals surface area contributed by atoms with Crippen LogP contribution in [0.4, 0.5) is 0 Å². The zero-order valence-corrected chi connectivity index (χ0v) is 17.1. The van der Waals surface area contributed by atoms with E-state index in [9.17, 15) is 14.9 Å². The molecule has 150 valence electrons. The van der Waals surface area contributed by atoms with Gasteiger partial charge in [-0.05, 0) is 44.0 Å². The molecule has 0 radical (unpaired) electrons. The molecule has 0 saturated heterocycles. The van der Waals surface area contributed by atoms with Crippen molar-refractivity contribution >= 4 is 23.6 Å². The average molecular weight is 410 g/mol. The lowest BCUT2D eigenvalue weighted by Crippen LogP contribution is -2.52. The number of nitrogens with zero attached hydrogens (tertiary/aromatic N) is 2. The number of pyridine rings is 1. The highest BCUT2D eigenvalue weighted by molar-refractivity contribution is 7.99. The third-order valence-electron chi connectivity index (χ3n) is 4.89. The van der Waals surface area contributed by atoms with E-state index >= 15 is 0 Å². The molecule has 6 nitrogen and oxygen atoms in total. The summed E-state index contributed by atoms with van der Waals surface area (Å²) in [7, 11) is 0. The average Bonchev–Trinajstić information content (AvgIpc) is 2.75. The molecule has 29 heavy (non-hydrogen) atoms. The molecule has 0 aliphatic heterocycles. The molecule has 1 amide bonds. The third-order valence-corrected chi connectivity index (χ3v) is 5.91. The van der Waals surface area contributed by atoms with Crippen molar-refractivity contribution in [1.29, 1.82) is 5.26 Å². The van der Waals surface area contributed by atoms with Gasteiger partial charge in [-0.2, -0.15) is 5.26 Å². The summed E-state index contributed by atoms with van der Waals surface area (Å²) in [4.78, 5) is 30.5. The summed E-state index contributed by atoms with van der Waals surface area (Å²) in [6.07, 6.45) is 4.71. The second-order valence-electron chi connectivity index (χ2n) is 7.06. The lowest BCUT2D eigenvalue weighted by molar-refractivity contribution is -0.130. The minimum Gasteiger partial charge on any atom is -0.449 e. The van der Waals surface area contributed by atoms with E-state index in [4.69, 9.17) is 4.74 Å². The van der Waals surface area contributed by atoms with Gasteiger partial charge in [0.2, 0.25) is 0 Å². The first-order valence-corrected chi connectivity index (χ1v) is 10.5. The molecular formula is C22H23N3O3S. The molecule has 1 aliphatic carbocycles. The van der Waals surface area contributed by atoms with Crippen molar-refractivity contribution in [1.82, 2.24) is 10.3 Å². The Kier molecular flexibility index (Phi) is 6.89. The Labute approximate surface area is 174 Å². The van der Waals surface area contributed by atoms with Gasteiger partial charge in [-0.1, -0.05) is 49.2 Å². The fourth-order valence-electron chi connectivity index (χ4n) is 3.26. The third kappa shape index (κ3) is 5.36. The molecule has 1 aliphatic rings. The van der Waals surface area contributed by atoms with E-state index in [-0.39, 0.29) is 0 Å². The van der Waals surface area contributed by atoms with Crippen molar-refractivity contribution in [2.45, 2.75) is 60.6 Å². The van der Waals surface area contributed by atoms with E-state index in [1.807, 2.05) is 30.3 Å². The molecule has 1 N–H and O–H groups in total. The van der Waals surface area contributed by atoms with E-state index in [0.29, 0.717) is 23.4 Å². The molecule has 1 aromatic carbocycles. The van der Waals surface area contributed by atoms with Gasteiger partial charge in [0.05, 0.1) is 11.6 Å². The monoisotopic (exact) mass is 409 g/mol. The van der Waals surface area contributed by atoms with Crippen molar-refractivity contribution in [2.75, 3.05) is 0 Å². The van der Waals surface area contributed by atoms with E-state index < -0.39 is 23.5 Å². The molecule has 1 atom stereocenters. The highest BCUT2D eigenvalue weighted by atomic mass is 32.2. The fraction of sp³-hybridized carbons (Fsp3) is 0.364. The summed E-state index contributed by atoms with van der Waals surface area (Å²) in [5.41, 5.74) is -0.563. The van der Waals surface area contributed by atoms with E-state index in [1.165, 1.54) is 18.7 Å². The highest BCUT2D eigenvalue weighted by Gasteiger charge is 2.35. The summed E-state index contributed by atoms with van der Waals surface area (Å²) < 4.78 is 5.39. The number of rotatable bonds is 6. The number of hydrogen-bond donors (Lipinski definition) is 1. The van der Waals surface area contributed by atoms with Crippen LogP contribution in [0.25, 0.3) is 0 Å². The highest BCUT2D eigenvalue weighted by Crippen LogP contribution is 2.29. The summed E-state index contributed by atoms with van der Waals surface area (Å²) >= 11 is 1.35.